The molecule has 0 fully saturated rings. The van der Waals surface area contributed by atoms with Gasteiger partial charge in [-0.2, -0.15) is 0 Å². The second-order valence-corrected chi connectivity index (χ2v) is 3.87. The molecule has 1 rings (SSSR count). The van der Waals surface area contributed by atoms with E-state index in [1.54, 1.807) is 0 Å². The van der Waals surface area contributed by atoms with Gasteiger partial charge in [0.1, 0.15) is 0 Å². The Bertz CT molecular complexity index is 314. The Morgan fingerprint density at radius 3 is 2.53 bits per heavy atom. The predicted molar refractivity (Wildman–Crippen MR) is 62.7 cm³/mol. The number of aliphatic hydroxyl groups is 1. The highest BCUT2D eigenvalue weighted by molar-refractivity contribution is 5.39. The first-order chi connectivity index (χ1) is 7.13. The van der Waals surface area contributed by atoms with Gasteiger partial charge in [-0.05, 0) is 30.6 Å². The maximum Gasteiger partial charge on any atom is 0.0848 e. The molecular formula is C12H20N2O. The lowest BCUT2D eigenvalue weighted by Gasteiger charge is -2.31. The molecule has 1 heterocycles. The van der Waals surface area contributed by atoms with Crippen molar-refractivity contribution in [1.29, 1.82) is 0 Å². The van der Waals surface area contributed by atoms with E-state index in [4.69, 9.17) is 0 Å². The number of nitrogens with one attached hydrogen (secondary N) is 1. The molecule has 0 aliphatic carbocycles. The molecule has 0 aromatic carbocycles. The van der Waals surface area contributed by atoms with E-state index in [1.807, 2.05) is 31.1 Å². The molecule has 0 saturated carbocycles. The lowest BCUT2D eigenvalue weighted by Crippen LogP contribution is -2.36. The molecule has 15 heavy (non-hydrogen) atoms. The van der Waals surface area contributed by atoms with Crippen LogP contribution in [0.15, 0.2) is 35.2 Å². The van der Waals surface area contributed by atoms with Crippen LogP contribution < -0.4 is 5.43 Å². The van der Waals surface area contributed by atoms with Crippen molar-refractivity contribution in [2.24, 2.45) is 5.92 Å². The van der Waals surface area contributed by atoms with Gasteiger partial charge >= 0.3 is 0 Å². The number of allylic oxidation sites excluding steroid dienone is 4. The molecule has 0 atom stereocenters. The fourth-order valence-electron chi connectivity index (χ4n) is 1.63. The summed E-state index contributed by atoms with van der Waals surface area (Å²) in [5.74, 6) is 0.473. The summed E-state index contributed by atoms with van der Waals surface area (Å²) in [6, 6.07) is 0. The Hall–Kier alpha value is -1.06. The number of nitrogens with zero attached hydrogens (tertiary/aromatic N) is 1. The van der Waals surface area contributed by atoms with E-state index in [-0.39, 0.29) is 6.61 Å². The standard InChI is InChI=1S/C12H20N2O/c1-5-11-6-10(9(2)3)7-12(8-15)14(11)13-4/h5-7,9,13,15H,8H2,1-4H3/b11-5-. The van der Waals surface area contributed by atoms with Gasteiger partial charge in [0.05, 0.1) is 18.0 Å². The highest BCUT2D eigenvalue weighted by Gasteiger charge is 2.17. The van der Waals surface area contributed by atoms with E-state index >= 15 is 0 Å². The maximum atomic E-state index is 9.30. The van der Waals surface area contributed by atoms with Crippen molar-refractivity contribution in [2.75, 3.05) is 13.7 Å². The van der Waals surface area contributed by atoms with E-state index in [2.05, 4.69) is 25.3 Å². The van der Waals surface area contributed by atoms with Crippen LogP contribution in [0.4, 0.5) is 0 Å². The number of rotatable bonds is 3. The first kappa shape index (κ1) is 12.0. The SMILES string of the molecule is C/C=C1/C=C(C(C)C)C=C(CO)N1NC. The summed E-state index contributed by atoms with van der Waals surface area (Å²) in [5.41, 5.74) is 6.27. The fraction of sp³-hybridized carbons (Fsp3) is 0.500. The van der Waals surface area contributed by atoms with Gasteiger partial charge < -0.3 is 5.11 Å². The van der Waals surface area contributed by atoms with Crippen LogP contribution >= 0.6 is 0 Å². The zero-order valence-electron chi connectivity index (χ0n) is 9.91. The van der Waals surface area contributed by atoms with E-state index in [0.717, 1.165) is 11.4 Å². The molecule has 2 N–H and O–H groups in total. The summed E-state index contributed by atoms with van der Waals surface area (Å²) in [6.07, 6.45) is 6.20. The van der Waals surface area contributed by atoms with Gasteiger partial charge in [-0.3, -0.25) is 5.01 Å². The Morgan fingerprint density at radius 2 is 2.13 bits per heavy atom. The predicted octanol–water partition coefficient (Wildman–Crippen LogP) is 1.80. The molecule has 0 bridgehead atoms. The molecule has 1 aliphatic rings. The Morgan fingerprint density at radius 1 is 1.47 bits per heavy atom. The van der Waals surface area contributed by atoms with Crippen LogP contribution in [0.25, 0.3) is 0 Å². The molecule has 0 spiro atoms. The molecule has 0 aromatic rings. The molecule has 3 nitrogen and oxygen atoms in total. The largest absolute Gasteiger partial charge is 0.390 e. The van der Waals surface area contributed by atoms with Gasteiger partial charge in [-0.1, -0.05) is 19.9 Å². The lowest BCUT2D eigenvalue weighted by atomic mass is 9.98. The van der Waals surface area contributed by atoms with Crippen molar-refractivity contribution in [1.82, 2.24) is 10.4 Å². The molecule has 0 unspecified atom stereocenters. The average molecular weight is 208 g/mol. The van der Waals surface area contributed by atoms with E-state index < -0.39 is 0 Å². The topological polar surface area (TPSA) is 35.5 Å². The summed E-state index contributed by atoms with van der Waals surface area (Å²) in [4.78, 5) is 0. The third-order valence-electron chi connectivity index (χ3n) is 2.54. The second-order valence-electron chi connectivity index (χ2n) is 3.87. The van der Waals surface area contributed by atoms with E-state index in [0.29, 0.717) is 5.92 Å². The number of hydrazine groups is 1. The molecule has 0 aromatic heterocycles. The second kappa shape index (κ2) is 5.14. The first-order valence-electron chi connectivity index (χ1n) is 5.30. The van der Waals surface area contributed by atoms with Crippen molar-refractivity contribution in [3.63, 3.8) is 0 Å². The summed E-state index contributed by atoms with van der Waals surface area (Å²) in [5, 5.41) is 11.2. The van der Waals surface area contributed by atoms with Gasteiger partial charge in [-0.15, -0.1) is 0 Å². The molecule has 1 aliphatic heterocycles. The van der Waals surface area contributed by atoms with Crippen LogP contribution in [0.2, 0.25) is 0 Å². The van der Waals surface area contributed by atoms with Gasteiger partial charge in [0.15, 0.2) is 0 Å². The smallest absolute Gasteiger partial charge is 0.0848 e. The first-order valence-corrected chi connectivity index (χ1v) is 5.30. The zero-order valence-corrected chi connectivity index (χ0v) is 9.91. The zero-order chi connectivity index (χ0) is 11.4. The van der Waals surface area contributed by atoms with Crippen LogP contribution in [-0.4, -0.2) is 23.8 Å². The highest BCUT2D eigenvalue weighted by atomic mass is 16.3. The Labute approximate surface area is 91.8 Å². The quantitative estimate of drug-likeness (QED) is 0.742. The number of hydrogen-bond donors (Lipinski definition) is 2. The molecule has 0 amide bonds. The molecule has 84 valence electrons. The molecule has 0 saturated heterocycles. The maximum absolute atomic E-state index is 9.30. The van der Waals surface area contributed by atoms with Gasteiger partial charge in [0.2, 0.25) is 0 Å². The van der Waals surface area contributed by atoms with Crippen molar-refractivity contribution in [3.05, 3.63) is 35.2 Å². The fourth-order valence-corrected chi connectivity index (χ4v) is 1.63. The average Bonchev–Trinajstić information content (AvgIpc) is 2.26. The Kier molecular flexibility index (Phi) is 4.12. The van der Waals surface area contributed by atoms with Gasteiger partial charge in [0, 0.05) is 7.05 Å². The summed E-state index contributed by atoms with van der Waals surface area (Å²) < 4.78 is 0. The minimum absolute atomic E-state index is 0.0439. The van der Waals surface area contributed by atoms with Gasteiger partial charge in [-0.25, -0.2) is 5.43 Å². The van der Waals surface area contributed by atoms with Crippen LogP contribution in [0.5, 0.6) is 0 Å². The monoisotopic (exact) mass is 208 g/mol. The van der Waals surface area contributed by atoms with Crippen molar-refractivity contribution < 1.29 is 5.11 Å². The van der Waals surface area contributed by atoms with Crippen LogP contribution in [0.3, 0.4) is 0 Å². The third kappa shape index (κ3) is 2.49. The third-order valence-corrected chi connectivity index (χ3v) is 2.54. The minimum atomic E-state index is 0.0439. The highest BCUT2D eigenvalue weighted by Crippen LogP contribution is 2.25. The molecule has 0 radical (unpaired) electrons. The summed E-state index contributed by atoms with van der Waals surface area (Å²) in [6.45, 7) is 6.34. The summed E-state index contributed by atoms with van der Waals surface area (Å²) >= 11 is 0. The molecule has 3 heteroatoms. The van der Waals surface area contributed by atoms with Crippen molar-refractivity contribution in [2.45, 2.75) is 20.8 Å². The van der Waals surface area contributed by atoms with Crippen LogP contribution in [0, 0.1) is 5.92 Å². The van der Waals surface area contributed by atoms with Crippen LogP contribution in [0.1, 0.15) is 20.8 Å². The Balaban J connectivity index is 3.08. The normalized spacial score (nSPS) is 19.6. The van der Waals surface area contributed by atoms with Crippen LogP contribution in [-0.2, 0) is 0 Å². The van der Waals surface area contributed by atoms with Gasteiger partial charge in [0.25, 0.3) is 0 Å². The van der Waals surface area contributed by atoms with E-state index in [9.17, 15) is 5.11 Å². The summed E-state index contributed by atoms with van der Waals surface area (Å²) in [7, 11) is 1.85. The lowest BCUT2D eigenvalue weighted by molar-refractivity contribution is 0.250. The minimum Gasteiger partial charge on any atom is -0.390 e. The number of hydrogen-bond acceptors (Lipinski definition) is 3. The number of aliphatic hydroxyl groups excluding tert-OH is 1. The van der Waals surface area contributed by atoms with E-state index in [1.165, 1.54) is 5.57 Å². The molecular weight excluding hydrogens is 188 g/mol. The van der Waals surface area contributed by atoms with Crippen molar-refractivity contribution in [3.8, 4) is 0 Å². The van der Waals surface area contributed by atoms with Crippen molar-refractivity contribution >= 4 is 0 Å².